The van der Waals surface area contributed by atoms with Gasteiger partial charge in [0.1, 0.15) is 6.61 Å². The van der Waals surface area contributed by atoms with Crippen LogP contribution in [-0.2, 0) is 4.84 Å². The molecule has 190 valence electrons. The molecule has 0 radical (unpaired) electrons. The number of benzene rings is 2. The Kier molecular flexibility index (Phi) is 7.49. The fourth-order valence-corrected chi connectivity index (χ4v) is 6.00. The van der Waals surface area contributed by atoms with Crippen LogP contribution < -0.4 is 0 Å². The summed E-state index contributed by atoms with van der Waals surface area (Å²) in [6.45, 7) is 8.60. The third-order valence-corrected chi connectivity index (χ3v) is 8.55. The zero-order valence-corrected chi connectivity index (χ0v) is 22.8. The molecule has 2 aromatic carbocycles. The predicted octanol–water partition coefficient (Wildman–Crippen LogP) is 6.08. The van der Waals surface area contributed by atoms with Gasteiger partial charge in [0.25, 0.3) is 5.91 Å². The molecule has 2 saturated heterocycles. The first-order valence-corrected chi connectivity index (χ1v) is 13.8. The lowest BCUT2D eigenvalue weighted by Gasteiger charge is -2.49. The van der Waals surface area contributed by atoms with E-state index in [2.05, 4.69) is 62.2 Å². The van der Waals surface area contributed by atoms with Gasteiger partial charge >= 0.3 is 0 Å². The number of nitrogens with one attached hydrogen (secondary N) is 1. The van der Waals surface area contributed by atoms with E-state index < -0.39 is 0 Å². The first kappa shape index (κ1) is 25.0. The second-order valence-corrected chi connectivity index (χ2v) is 11.1. The Hall–Kier alpha value is -2.64. The van der Waals surface area contributed by atoms with E-state index in [0.29, 0.717) is 12.5 Å². The van der Waals surface area contributed by atoms with Crippen LogP contribution in [0.1, 0.15) is 55.5 Å². The van der Waals surface area contributed by atoms with Gasteiger partial charge in [0.15, 0.2) is 0 Å². The predicted molar refractivity (Wildman–Crippen MR) is 148 cm³/mol. The van der Waals surface area contributed by atoms with E-state index in [0.717, 1.165) is 84.1 Å². The standard InChI is InChI=1S/C29H35BrN4O2/c1-3-36-32-27(21-8-10-23(30)11-9-21)22-12-16-34(17-13-22)29(2)14-18-33(19-15-29)28(35)25-20-31-26-7-5-4-6-24(25)26/h4-11,20,22,31H,3,12-19H2,1-2H3. The van der Waals surface area contributed by atoms with Crippen LogP contribution in [0.4, 0.5) is 0 Å². The smallest absolute Gasteiger partial charge is 0.256 e. The van der Waals surface area contributed by atoms with Gasteiger partial charge in [-0.3, -0.25) is 9.69 Å². The van der Waals surface area contributed by atoms with Crippen LogP contribution in [0.3, 0.4) is 0 Å². The third-order valence-electron chi connectivity index (χ3n) is 8.02. The summed E-state index contributed by atoms with van der Waals surface area (Å²) in [5.74, 6) is 0.528. The van der Waals surface area contributed by atoms with Crippen LogP contribution in [-0.4, -0.2) is 64.7 Å². The van der Waals surface area contributed by atoms with Gasteiger partial charge in [-0.2, -0.15) is 0 Å². The number of para-hydroxylation sites is 1. The molecule has 1 aromatic heterocycles. The zero-order valence-electron chi connectivity index (χ0n) is 21.2. The maximum absolute atomic E-state index is 13.3. The van der Waals surface area contributed by atoms with E-state index in [-0.39, 0.29) is 11.4 Å². The molecule has 36 heavy (non-hydrogen) atoms. The molecule has 3 heterocycles. The van der Waals surface area contributed by atoms with Crippen molar-refractivity contribution in [3.05, 3.63) is 70.3 Å². The Morgan fingerprint density at radius 2 is 1.78 bits per heavy atom. The molecular formula is C29H35BrN4O2. The Balaban J connectivity index is 1.20. The van der Waals surface area contributed by atoms with Crippen molar-refractivity contribution in [3.63, 3.8) is 0 Å². The minimum absolute atomic E-state index is 0.122. The molecule has 0 unspecified atom stereocenters. The summed E-state index contributed by atoms with van der Waals surface area (Å²) in [5, 5.41) is 5.54. The Morgan fingerprint density at radius 3 is 2.47 bits per heavy atom. The molecule has 5 rings (SSSR count). The highest BCUT2D eigenvalue weighted by Gasteiger charge is 2.39. The van der Waals surface area contributed by atoms with Gasteiger partial charge in [-0.05, 0) is 76.4 Å². The largest absolute Gasteiger partial charge is 0.396 e. The maximum atomic E-state index is 13.3. The highest BCUT2D eigenvalue weighted by Crippen LogP contribution is 2.34. The maximum Gasteiger partial charge on any atom is 0.256 e. The Morgan fingerprint density at radius 1 is 1.08 bits per heavy atom. The van der Waals surface area contributed by atoms with Crippen LogP contribution in [0.25, 0.3) is 10.9 Å². The van der Waals surface area contributed by atoms with E-state index >= 15 is 0 Å². The quantitative estimate of drug-likeness (QED) is 0.299. The van der Waals surface area contributed by atoms with Crippen molar-refractivity contribution < 1.29 is 9.63 Å². The van der Waals surface area contributed by atoms with Gasteiger partial charge in [0, 0.05) is 46.1 Å². The average Bonchev–Trinajstić information content (AvgIpc) is 3.34. The molecule has 2 aliphatic heterocycles. The van der Waals surface area contributed by atoms with Crippen molar-refractivity contribution in [2.75, 3.05) is 32.8 Å². The molecule has 6 nitrogen and oxygen atoms in total. The summed E-state index contributed by atoms with van der Waals surface area (Å²) >= 11 is 3.53. The number of amides is 1. The number of piperidine rings is 2. The zero-order chi connectivity index (χ0) is 25.1. The molecule has 0 bridgehead atoms. The summed E-state index contributed by atoms with van der Waals surface area (Å²) in [6.07, 6.45) is 5.99. The normalized spacial score (nSPS) is 19.5. The number of rotatable bonds is 6. The van der Waals surface area contributed by atoms with Crippen LogP contribution in [0, 0.1) is 5.92 Å². The van der Waals surface area contributed by atoms with Crippen molar-refractivity contribution in [1.29, 1.82) is 0 Å². The number of H-pyrrole nitrogens is 1. The van der Waals surface area contributed by atoms with Crippen LogP contribution in [0.5, 0.6) is 0 Å². The van der Waals surface area contributed by atoms with Crippen molar-refractivity contribution in [2.24, 2.45) is 11.1 Å². The number of aromatic amines is 1. The van der Waals surface area contributed by atoms with Crippen LogP contribution in [0.15, 0.2) is 64.4 Å². The number of hydrogen-bond acceptors (Lipinski definition) is 4. The van der Waals surface area contributed by atoms with E-state index in [1.165, 1.54) is 0 Å². The molecule has 0 saturated carbocycles. The number of likely N-dealkylation sites (tertiary alicyclic amines) is 2. The fourth-order valence-electron chi connectivity index (χ4n) is 5.74. The molecule has 0 atom stereocenters. The second kappa shape index (κ2) is 10.8. The number of nitrogens with zero attached hydrogens (tertiary/aromatic N) is 3. The molecule has 7 heteroatoms. The number of aromatic nitrogens is 1. The lowest BCUT2D eigenvalue weighted by atomic mass is 9.82. The summed E-state index contributed by atoms with van der Waals surface area (Å²) < 4.78 is 1.07. The molecule has 3 aromatic rings. The van der Waals surface area contributed by atoms with Crippen LogP contribution in [0.2, 0.25) is 0 Å². The Labute approximate surface area is 221 Å². The van der Waals surface area contributed by atoms with Gasteiger partial charge in [-0.15, -0.1) is 0 Å². The van der Waals surface area contributed by atoms with Gasteiger partial charge in [-0.1, -0.05) is 51.4 Å². The van der Waals surface area contributed by atoms with E-state index in [1.54, 1.807) is 0 Å². The fraction of sp³-hybridized carbons (Fsp3) is 0.448. The van der Waals surface area contributed by atoms with Gasteiger partial charge < -0.3 is 14.7 Å². The van der Waals surface area contributed by atoms with Crippen molar-refractivity contribution in [1.82, 2.24) is 14.8 Å². The molecule has 0 aliphatic carbocycles. The SMILES string of the molecule is CCON=C(c1ccc(Br)cc1)C1CCN(C2(C)CCN(C(=O)c3c[nH]c4ccccc34)CC2)CC1. The van der Waals surface area contributed by atoms with E-state index in [1.807, 2.05) is 42.3 Å². The van der Waals surface area contributed by atoms with Crippen molar-refractivity contribution in [3.8, 4) is 0 Å². The summed E-state index contributed by atoms with van der Waals surface area (Å²) in [7, 11) is 0. The highest BCUT2D eigenvalue weighted by molar-refractivity contribution is 9.10. The molecule has 1 N–H and O–H groups in total. The van der Waals surface area contributed by atoms with Gasteiger partial charge in [0.2, 0.25) is 0 Å². The van der Waals surface area contributed by atoms with Crippen LogP contribution >= 0.6 is 15.9 Å². The molecular weight excluding hydrogens is 516 g/mol. The van der Waals surface area contributed by atoms with Gasteiger partial charge in [-0.25, -0.2) is 0 Å². The van der Waals surface area contributed by atoms with Crippen molar-refractivity contribution in [2.45, 2.75) is 45.1 Å². The van der Waals surface area contributed by atoms with Crippen molar-refractivity contribution >= 4 is 38.5 Å². The minimum Gasteiger partial charge on any atom is -0.396 e. The average molecular weight is 552 g/mol. The lowest BCUT2D eigenvalue weighted by molar-refractivity contribution is 0.0162. The molecule has 2 fully saturated rings. The number of carbonyl (C=O) groups excluding carboxylic acids is 1. The van der Waals surface area contributed by atoms with Gasteiger partial charge in [0.05, 0.1) is 11.3 Å². The number of carbonyl (C=O) groups is 1. The molecule has 0 spiro atoms. The second-order valence-electron chi connectivity index (χ2n) is 10.2. The number of oxime groups is 1. The van der Waals surface area contributed by atoms with E-state index in [9.17, 15) is 4.79 Å². The molecule has 1 amide bonds. The Bertz CT molecular complexity index is 1220. The molecule has 2 aliphatic rings. The number of halogens is 1. The summed E-state index contributed by atoms with van der Waals surface area (Å²) in [6, 6.07) is 16.4. The third kappa shape index (κ3) is 5.09. The lowest BCUT2D eigenvalue weighted by Crippen LogP contribution is -2.56. The highest BCUT2D eigenvalue weighted by atomic mass is 79.9. The number of fused-ring (bicyclic) bond motifs is 1. The first-order valence-electron chi connectivity index (χ1n) is 13.0. The minimum atomic E-state index is 0.122. The first-order chi connectivity index (χ1) is 17.5. The topological polar surface area (TPSA) is 60.9 Å². The number of hydrogen-bond donors (Lipinski definition) is 1. The summed E-state index contributed by atoms with van der Waals surface area (Å²) in [5.41, 5.74) is 4.12. The van der Waals surface area contributed by atoms with E-state index in [4.69, 9.17) is 4.84 Å². The summed E-state index contributed by atoms with van der Waals surface area (Å²) in [4.78, 5) is 26.7. The monoisotopic (exact) mass is 550 g/mol.